The van der Waals surface area contributed by atoms with E-state index in [1.807, 2.05) is 22.8 Å². The molecule has 71 heavy (non-hydrogen) atoms. The van der Waals surface area contributed by atoms with Crippen LogP contribution in [0.25, 0.3) is 11.1 Å². The number of benzene rings is 2. The predicted molar refractivity (Wildman–Crippen MR) is 272 cm³/mol. The highest BCUT2D eigenvalue weighted by atomic mass is 35.5. The number of piperidine rings is 2. The van der Waals surface area contributed by atoms with Gasteiger partial charge < -0.3 is 29.7 Å². The van der Waals surface area contributed by atoms with Crippen molar-refractivity contribution in [2.45, 2.75) is 118 Å². The van der Waals surface area contributed by atoms with E-state index in [2.05, 4.69) is 98.8 Å². The number of carbonyl (C=O) groups is 3. The summed E-state index contributed by atoms with van der Waals surface area (Å²) in [6, 6.07) is 11.8. The van der Waals surface area contributed by atoms with Gasteiger partial charge >= 0.3 is 0 Å². The van der Waals surface area contributed by atoms with Crippen molar-refractivity contribution in [1.29, 1.82) is 5.26 Å². The SMILES string of the molecule is CC(=O)N1CCc2c(c(N3CCCc4cc(-c5cnn(C)c5)c(C)cc43)nn2C2CCN(C(=O)CC3CCN(c4ncc(C(=O)NC5C(C)(C)C(Oc6ccc(C#N)c(Cl)c6)C5(C)C)cn4)CC3)CC2)C1. The lowest BCUT2D eigenvalue weighted by Crippen LogP contribution is -2.74. The molecule has 16 nitrogen and oxygen atoms in total. The summed E-state index contributed by atoms with van der Waals surface area (Å²) < 4.78 is 10.5. The van der Waals surface area contributed by atoms with Crippen molar-refractivity contribution in [3.63, 3.8) is 0 Å². The number of ether oxygens (including phenoxy) is 1. The third-order valence-electron chi connectivity index (χ3n) is 16.2. The summed E-state index contributed by atoms with van der Waals surface area (Å²) in [6.07, 6.45) is 13.7. The Hall–Kier alpha value is -6.47. The molecule has 1 aliphatic carbocycles. The number of nitriles is 1. The number of nitrogens with zero attached hydrogens (tertiary/aromatic N) is 11. The van der Waals surface area contributed by atoms with Crippen LogP contribution in [0.15, 0.2) is 55.1 Å². The first kappa shape index (κ1) is 48.2. The van der Waals surface area contributed by atoms with Crippen LogP contribution in [0.3, 0.4) is 0 Å². The van der Waals surface area contributed by atoms with E-state index in [0.29, 0.717) is 60.4 Å². The quantitative estimate of drug-likeness (QED) is 0.144. The molecule has 5 aliphatic rings. The van der Waals surface area contributed by atoms with Gasteiger partial charge in [-0.1, -0.05) is 39.3 Å². The van der Waals surface area contributed by atoms with Crippen LogP contribution in [-0.2, 0) is 36.0 Å². The molecule has 2 aromatic carbocycles. The molecule has 17 heteroatoms. The average Bonchev–Trinajstić information content (AvgIpc) is 3.97. The molecule has 0 unspecified atom stereocenters. The van der Waals surface area contributed by atoms with Gasteiger partial charge in [-0.2, -0.15) is 15.5 Å². The lowest BCUT2D eigenvalue weighted by Gasteiger charge is -2.63. The third kappa shape index (κ3) is 9.11. The van der Waals surface area contributed by atoms with Crippen molar-refractivity contribution in [3.8, 4) is 22.9 Å². The molecule has 3 fully saturated rings. The number of nitrogens with one attached hydrogen (secondary N) is 1. The Morgan fingerprint density at radius 3 is 2.31 bits per heavy atom. The molecule has 1 saturated carbocycles. The Kier molecular flexibility index (Phi) is 12.8. The lowest BCUT2D eigenvalue weighted by atomic mass is 9.49. The maximum atomic E-state index is 13.8. The largest absolute Gasteiger partial charge is 0.489 e. The fourth-order valence-corrected chi connectivity index (χ4v) is 12.7. The molecule has 3 aromatic heterocycles. The van der Waals surface area contributed by atoms with Gasteiger partial charge in [0.2, 0.25) is 17.8 Å². The van der Waals surface area contributed by atoms with E-state index >= 15 is 0 Å². The van der Waals surface area contributed by atoms with Gasteiger partial charge in [-0.3, -0.25) is 23.7 Å². The van der Waals surface area contributed by atoms with E-state index < -0.39 is 10.8 Å². The van der Waals surface area contributed by atoms with E-state index in [0.717, 1.165) is 81.5 Å². The zero-order valence-electron chi connectivity index (χ0n) is 42.0. The summed E-state index contributed by atoms with van der Waals surface area (Å²) in [4.78, 5) is 57.9. The molecule has 1 N–H and O–H groups in total. The Bertz CT molecular complexity index is 2890. The van der Waals surface area contributed by atoms with Crippen molar-refractivity contribution in [3.05, 3.63) is 93.7 Å². The van der Waals surface area contributed by atoms with Crippen LogP contribution in [0.4, 0.5) is 17.5 Å². The molecule has 2 saturated heterocycles. The van der Waals surface area contributed by atoms with E-state index in [4.69, 9.17) is 21.4 Å². The molecule has 372 valence electrons. The highest BCUT2D eigenvalue weighted by molar-refractivity contribution is 6.31. The average molecular weight is 982 g/mol. The first-order chi connectivity index (χ1) is 34.0. The topological polar surface area (TPSA) is 171 Å². The molecule has 10 rings (SSSR count). The number of aromatic nitrogens is 6. The molecule has 3 amide bonds. The number of likely N-dealkylation sites (tertiary alicyclic amines) is 1. The third-order valence-corrected chi connectivity index (χ3v) is 16.5. The minimum Gasteiger partial charge on any atom is -0.489 e. The normalized spacial score (nSPS) is 20.9. The van der Waals surface area contributed by atoms with E-state index in [1.54, 1.807) is 37.5 Å². The van der Waals surface area contributed by atoms with Crippen LogP contribution in [0.1, 0.15) is 117 Å². The fourth-order valence-electron chi connectivity index (χ4n) is 12.5. The lowest BCUT2D eigenvalue weighted by molar-refractivity contribution is -0.164. The van der Waals surface area contributed by atoms with Gasteiger partial charge in [-0.05, 0) is 92.3 Å². The summed E-state index contributed by atoms with van der Waals surface area (Å²) in [5, 5.41) is 22.7. The minimum absolute atomic E-state index is 0.0844. The van der Waals surface area contributed by atoms with Crippen molar-refractivity contribution in [2.75, 3.05) is 49.1 Å². The Morgan fingerprint density at radius 1 is 0.915 bits per heavy atom. The van der Waals surface area contributed by atoms with Gasteiger partial charge in [0.05, 0.1) is 34.9 Å². The smallest absolute Gasteiger partial charge is 0.254 e. The molecule has 0 bridgehead atoms. The molecular formula is C54H65ClN12O4. The second-order valence-electron chi connectivity index (χ2n) is 21.7. The van der Waals surface area contributed by atoms with Crippen molar-refractivity contribution in [2.24, 2.45) is 23.8 Å². The van der Waals surface area contributed by atoms with E-state index in [-0.39, 0.29) is 41.8 Å². The monoisotopic (exact) mass is 980 g/mol. The molecular weight excluding hydrogens is 916 g/mol. The summed E-state index contributed by atoms with van der Waals surface area (Å²) in [5.41, 5.74) is 8.37. The van der Waals surface area contributed by atoms with Gasteiger partial charge in [-0.15, -0.1) is 0 Å². The molecule has 7 heterocycles. The van der Waals surface area contributed by atoms with Crippen molar-refractivity contribution in [1.82, 2.24) is 44.6 Å². The predicted octanol–water partition coefficient (Wildman–Crippen LogP) is 7.98. The van der Waals surface area contributed by atoms with Gasteiger partial charge in [0.1, 0.15) is 17.9 Å². The van der Waals surface area contributed by atoms with E-state index in [9.17, 15) is 19.6 Å². The number of hydrogen-bond donors (Lipinski definition) is 1. The zero-order valence-corrected chi connectivity index (χ0v) is 42.8. The first-order valence-corrected chi connectivity index (χ1v) is 25.7. The number of hydrogen-bond acceptors (Lipinski definition) is 11. The van der Waals surface area contributed by atoms with Crippen LogP contribution in [0, 0.1) is 35.0 Å². The fraction of sp³-hybridized carbons (Fsp3) is 0.519. The molecule has 0 radical (unpaired) electrons. The number of halogens is 1. The number of aryl methyl sites for hydroxylation is 3. The summed E-state index contributed by atoms with van der Waals surface area (Å²) >= 11 is 6.27. The molecule has 0 atom stereocenters. The Balaban J connectivity index is 0.728. The maximum absolute atomic E-state index is 13.8. The van der Waals surface area contributed by atoms with Gasteiger partial charge in [0.25, 0.3) is 5.91 Å². The van der Waals surface area contributed by atoms with Crippen molar-refractivity contribution >= 4 is 46.8 Å². The minimum atomic E-state index is -0.400. The number of fused-ring (bicyclic) bond motifs is 2. The number of rotatable bonds is 10. The Labute approximate surface area is 421 Å². The maximum Gasteiger partial charge on any atom is 0.254 e. The Morgan fingerprint density at radius 2 is 1.65 bits per heavy atom. The summed E-state index contributed by atoms with van der Waals surface area (Å²) in [5.74, 6) is 2.46. The van der Waals surface area contributed by atoms with Crippen molar-refractivity contribution < 1.29 is 19.1 Å². The standard InChI is InChI=1S/C54H65ClN12O4/c1-33-23-46-36(25-42(33)39-30-59-62(7)31-39)9-8-17-66(46)48-43-32-65(34(2)68)22-16-45(43)67(61-48)40-14-20-63(21-15-40)47(69)24-35-12-18-64(19-13-35)52-57-28-38(29-58-52)49(70)60-50-53(3,4)51(54(50,5)6)71-41-11-10-37(27-56)44(55)26-41/h10-11,23,25-26,28-31,35,40,50-51H,8-9,12-22,24,32H2,1-7H3,(H,60,70). The highest BCUT2D eigenvalue weighted by Crippen LogP contribution is 2.56. The number of carbonyl (C=O) groups excluding carboxylic acids is 3. The highest BCUT2D eigenvalue weighted by Gasteiger charge is 2.64. The van der Waals surface area contributed by atoms with Gasteiger partial charge in [0.15, 0.2) is 5.82 Å². The number of amides is 3. The van der Waals surface area contributed by atoms with Crippen LogP contribution in [0.2, 0.25) is 5.02 Å². The van der Waals surface area contributed by atoms with Crippen LogP contribution >= 0.6 is 11.6 Å². The van der Waals surface area contributed by atoms with Gasteiger partial charge in [-0.25, -0.2) is 9.97 Å². The summed E-state index contributed by atoms with van der Waals surface area (Å²) in [7, 11) is 1.95. The van der Waals surface area contributed by atoms with Crippen LogP contribution in [-0.4, -0.2) is 108 Å². The molecule has 5 aromatic rings. The second kappa shape index (κ2) is 18.9. The van der Waals surface area contributed by atoms with Crippen LogP contribution < -0.4 is 19.9 Å². The van der Waals surface area contributed by atoms with Crippen LogP contribution in [0.5, 0.6) is 5.75 Å². The van der Waals surface area contributed by atoms with E-state index in [1.165, 1.54) is 28.1 Å². The molecule has 0 spiro atoms. The first-order valence-electron chi connectivity index (χ1n) is 25.3. The number of anilines is 3. The summed E-state index contributed by atoms with van der Waals surface area (Å²) in [6.45, 7) is 17.1. The van der Waals surface area contributed by atoms with Gasteiger partial charge in [0, 0.05) is 130 Å². The molecule has 4 aliphatic heterocycles. The second-order valence-corrected chi connectivity index (χ2v) is 22.1. The zero-order chi connectivity index (χ0) is 49.9.